The molecule has 7 nitrogen and oxygen atoms in total. The van der Waals surface area contributed by atoms with Crippen LogP contribution >= 0.6 is 0 Å². The predicted octanol–water partition coefficient (Wildman–Crippen LogP) is 1.64. The van der Waals surface area contributed by atoms with Gasteiger partial charge in [0.1, 0.15) is 6.54 Å². The second kappa shape index (κ2) is 7.20. The van der Waals surface area contributed by atoms with Gasteiger partial charge in [0.25, 0.3) is 5.91 Å². The van der Waals surface area contributed by atoms with Crippen molar-refractivity contribution in [2.75, 3.05) is 23.8 Å². The SMILES string of the molecule is CCOC(=O)CN1C(=O)[C@@](O)(CC(=O)c2cccc(N)c2)c2ccccc21. The van der Waals surface area contributed by atoms with E-state index in [9.17, 15) is 19.5 Å². The maximum Gasteiger partial charge on any atom is 0.326 e. The fourth-order valence-electron chi connectivity index (χ4n) is 3.22. The third kappa shape index (κ3) is 3.41. The van der Waals surface area contributed by atoms with E-state index in [1.807, 2.05) is 0 Å². The van der Waals surface area contributed by atoms with Crippen molar-refractivity contribution in [3.63, 3.8) is 0 Å². The van der Waals surface area contributed by atoms with Crippen molar-refractivity contribution >= 4 is 29.0 Å². The van der Waals surface area contributed by atoms with Crippen molar-refractivity contribution < 1.29 is 24.2 Å². The van der Waals surface area contributed by atoms with Crippen LogP contribution in [0.5, 0.6) is 0 Å². The van der Waals surface area contributed by atoms with Crippen LogP contribution in [0, 0.1) is 0 Å². The number of carbonyl (C=O) groups is 3. The number of fused-ring (bicyclic) bond motifs is 1. The van der Waals surface area contributed by atoms with Crippen molar-refractivity contribution in [2.45, 2.75) is 18.9 Å². The van der Waals surface area contributed by atoms with Crippen LogP contribution in [0.4, 0.5) is 11.4 Å². The lowest BCUT2D eigenvalue weighted by atomic mass is 9.88. The van der Waals surface area contributed by atoms with Gasteiger partial charge in [-0.15, -0.1) is 0 Å². The van der Waals surface area contributed by atoms with Gasteiger partial charge in [-0.25, -0.2) is 0 Å². The molecular formula is C20H20N2O5. The molecule has 0 bridgehead atoms. The topological polar surface area (TPSA) is 110 Å². The first-order valence-electron chi connectivity index (χ1n) is 8.55. The third-order valence-corrected chi connectivity index (χ3v) is 4.46. The predicted molar refractivity (Wildman–Crippen MR) is 99.1 cm³/mol. The Morgan fingerprint density at radius 3 is 2.63 bits per heavy atom. The van der Waals surface area contributed by atoms with E-state index in [1.165, 1.54) is 6.07 Å². The van der Waals surface area contributed by atoms with Crippen molar-refractivity contribution in [3.05, 3.63) is 59.7 Å². The number of hydrogen-bond donors (Lipinski definition) is 2. The maximum atomic E-state index is 12.9. The molecule has 0 aromatic heterocycles. The van der Waals surface area contributed by atoms with Crippen molar-refractivity contribution in [1.82, 2.24) is 0 Å². The Kier molecular flexibility index (Phi) is 4.96. The lowest BCUT2D eigenvalue weighted by Gasteiger charge is -2.22. The Labute approximate surface area is 156 Å². The van der Waals surface area contributed by atoms with E-state index in [1.54, 1.807) is 49.4 Å². The number of hydrogen-bond acceptors (Lipinski definition) is 6. The van der Waals surface area contributed by atoms with Crippen LogP contribution in [0.2, 0.25) is 0 Å². The Hall–Kier alpha value is -3.19. The van der Waals surface area contributed by atoms with Crippen LogP contribution in [-0.2, 0) is 19.9 Å². The van der Waals surface area contributed by atoms with Gasteiger partial charge >= 0.3 is 5.97 Å². The molecular weight excluding hydrogens is 348 g/mol. The summed E-state index contributed by atoms with van der Waals surface area (Å²) >= 11 is 0. The molecule has 0 fully saturated rings. The van der Waals surface area contributed by atoms with Crippen LogP contribution < -0.4 is 10.6 Å². The van der Waals surface area contributed by atoms with E-state index >= 15 is 0 Å². The number of Topliss-reactive ketones (excluding diaryl/α,β-unsaturated/α-hetero) is 1. The highest BCUT2D eigenvalue weighted by Crippen LogP contribution is 2.42. The molecule has 1 atom stereocenters. The molecule has 27 heavy (non-hydrogen) atoms. The second-order valence-electron chi connectivity index (χ2n) is 6.30. The van der Waals surface area contributed by atoms with Gasteiger partial charge in [-0.2, -0.15) is 0 Å². The second-order valence-corrected chi connectivity index (χ2v) is 6.30. The minimum atomic E-state index is -2.05. The number of nitrogens with zero attached hydrogens (tertiary/aromatic N) is 1. The first kappa shape index (κ1) is 18.6. The number of aliphatic hydroxyl groups is 1. The van der Waals surface area contributed by atoms with E-state index < -0.39 is 29.7 Å². The summed E-state index contributed by atoms with van der Waals surface area (Å²) in [4.78, 5) is 38.6. The van der Waals surface area contributed by atoms with Gasteiger partial charge in [-0.1, -0.05) is 30.3 Å². The van der Waals surface area contributed by atoms with Gasteiger partial charge in [0.05, 0.1) is 18.7 Å². The van der Waals surface area contributed by atoms with Gasteiger partial charge in [-0.05, 0) is 25.1 Å². The Morgan fingerprint density at radius 2 is 1.93 bits per heavy atom. The van der Waals surface area contributed by atoms with Crippen LogP contribution in [-0.4, -0.2) is 35.9 Å². The number of nitrogen functional groups attached to an aromatic ring is 1. The average Bonchev–Trinajstić information content (AvgIpc) is 2.84. The standard InChI is InChI=1S/C20H20N2O5/c1-2-27-18(24)12-22-16-9-4-3-8-15(16)20(26,19(22)25)11-17(23)13-6-5-7-14(21)10-13/h3-10,26H,2,11-12,21H2,1H3/t20-/m1/s1. The molecule has 1 amide bonds. The summed E-state index contributed by atoms with van der Waals surface area (Å²) in [6.45, 7) is 1.51. The fraction of sp³-hybridized carbons (Fsp3) is 0.250. The van der Waals surface area contributed by atoms with Gasteiger partial charge in [-0.3, -0.25) is 19.3 Å². The Balaban J connectivity index is 1.93. The molecule has 0 saturated carbocycles. The van der Waals surface area contributed by atoms with Gasteiger partial charge < -0.3 is 15.6 Å². The zero-order valence-corrected chi connectivity index (χ0v) is 14.8. The molecule has 0 saturated heterocycles. The van der Waals surface area contributed by atoms with Crippen molar-refractivity contribution in [3.8, 4) is 0 Å². The highest BCUT2D eigenvalue weighted by atomic mass is 16.5. The number of para-hydroxylation sites is 1. The Bertz CT molecular complexity index is 911. The van der Waals surface area contributed by atoms with Gasteiger partial charge in [0, 0.05) is 16.8 Å². The normalized spacial score (nSPS) is 18.3. The number of ether oxygens (including phenoxy) is 1. The third-order valence-electron chi connectivity index (χ3n) is 4.46. The molecule has 1 aliphatic rings. The minimum absolute atomic E-state index is 0.181. The number of esters is 1. The van der Waals surface area contributed by atoms with E-state index in [0.29, 0.717) is 16.9 Å². The van der Waals surface area contributed by atoms with Crippen LogP contribution in [0.15, 0.2) is 48.5 Å². The number of anilines is 2. The zero-order chi connectivity index (χ0) is 19.6. The molecule has 0 spiro atoms. The van der Waals surface area contributed by atoms with E-state index in [4.69, 9.17) is 10.5 Å². The number of nitrogens with two attached hydrogens (primary N) is 1. The number of ketones is 1. The molecule has 0 unspecified atom stereocenters. The summed E-state index contributed by atoms with van der Waals surface area (Å²) in [7, 11) is 0. The maximum absolute atomic E-state index is 12.9. The van der Waals surface area contributed by atoms with Gasteiger partial charge in [0.15, 0.2) is 11.4 Å². The molecule has 0 radical (unpaired) electrons. The fourth-order valence-corrected chi connectivity index (χ4v) is 3.22. The molecule has 3 rings (SSSR count). The summed E-state index contributed by atoms with van der Waals surface area (Å²) in [5, 5.41) is 11.1. The first-order chi connectivity index (χ1) is 12.9. The highest BCUT2D eigenvalue weighted by Gasteiger charge is 2.51. The van der Waals surface area contributed by atoms with E-state index in [-0.39, 0.29) is 18.7 Å². The molecule has 7 heteroatoms. The van der Waals surface area contributed by atoms with E-state index in [0.717, 1.165) is 4.90 Å². The molecule has 2 aromatic rings. The summed E-state index contributed by atoms with van der Waals surface area (Å²) in [6, 6.07) is 12.9. The zero-order valence-electron chi connectivity index (χ0n) is 14.8. The average molecular weight is 368 g/mol. The summed E-state index contributed by atoms with van der Waals surface area (Å²) in [5.74, 6) is -1.74. The number of rotatable bonds is 6. The quantitative estimate of drug-likeness (QED) is 0.456. The lowest BCUT2D eigenvalue weighted by Crippen LogP contribution is -2.44. The van der Waals surface area contributed by atoms with Gasteiger partial charge in [0.2, 0.25) is 0 Å². The smallest absolute Gasteiger partial charge is 0.326 e. The number of benzene rings is 2. The highest BCUT2D eigenvalue weighted by molar-refractivity contribution is 6.12. The summed E-state index contributed by atoms with van der Waals surface area (Å²) < 4.78 is 4.90. The monoisotopic (exact) mass is 368 g/mol. The van der Waals surface area contributed by atoms with Crippen molar-refractivity contribution in [2.24, 2.45) is 0 Å². The van der Waals surface area contributed by atoms with Crippen molar-refractivity contribution in [1.29, 1.82) is 0 Å². The van der Waals surface area contributed by atoms with Crippen LogP contribution in [0.3, 0.4) is 0 Å². The van der Waals surface area contributed by atoms with E-state index in [2.05, 4.69) is 0 Å². The largest absolute Gasteiger partial charge is 0.465 e. The lowest BCUT2D eigenvalue weighted by molar-refractivity contribution is -0.144. The summed E-state index contributed by atoms with van der Waals surface area (Å²) in [5.41, 5.74) is 5.05. The van der Waals surface area contributed by atoms with Crippen LogP contribution in [0.1, 0.15) is 29.3 Å². The molecule has 1 heterocycles. The minimum Gasteiger partial charge on any atom is -0.465 e. The molecule has 2 aromatic carbocycles. The number of carbonyl (C=O) groups excluding carboxylic acids is 3. The molecule has 1 aliphatic heterocycles. The Morgan fingerprint density at radius 1 is 1.19 bits per heavy atom. The molecule has 140 valence electrons. The number of amides is 1. The molecule has 3 N–H and O–H groups in total. The summed E-state index contributed by atoms with van der Waals surface area (Å²) in [6.07, 6.45) is -0.453. The van der Waals surface area contributed by atoms with Crippen LogP contribution in [0.25, 0.3) is 0 Å². The first-order valence-corrected chi connectivity index (χ1v) is 8.55. The molecule has 0 aliphatic carbocycles.